The van der Waals surface area contributed by atoms with Crippen LogP contribution in [-0.2, 0) is 22.1 Å². The fraction of sp³-hybridized carbons (Fsp3) is 0.364. The highest BCUT2D eigenvalue weighted by atomic mass is 19.4. The van der Waals surface area contributed by atoms with E-state index in [1.54, 1.807) is 0 Å². The van der Waals surface area contributed by atoms with Crippen LogP contribution in [0.3, 0.4) is 0 Å². The lowest BCUT2D eigenvalue weighted by molar-refractivity contribution is -0.142. The molecule has 0 heterocycles. The third-order valence-electron chi connectivity index (χ3n) is 2.06. The number of halogens is 3. The molecule has 0 amide bonds. The predicted octanol–water partition coefficient (Wildman–Crippen LogP) is 2.35. The van der Waals surface area contributed by atoms with Gasteiger partial charge in [-0.3, -0.25) is 0 Å². The zero-order chi connectivity index (χ0) is 12.9. The Morgan fingerprint density at radius 1 is 1.29 bits per heavy atom. The summed E-state index contributed by atoms with van der Waals surface area (Å²) in [5, 5.41) is 8.29. The van der Waals surface area contributed by atoms with Crippen LogP contribution < -0.4 is 0 Å². The quantitative estimate of drug-likeness (QED) is 0.813. The van der Waals surface area contributed by atoms with Crippen LogP contribution >= 0.6 is 0 Å². The SMILES string of the molecule is O=C(O)COCCc1ccccc1C(F)(F)F. The summed E-state index contributed by atoms with van der Waals surface area (Å²) in [6.07, 6.45) is -4.37. The van der Waals surface area contributed by atoms with Crippen molar-refractivity contribution in [1.82, 2.24) is 0 Å². The summed E-state index contributed by atoms with van der Waals surface area (Å²) < 4.78 is 42.4. The minimum Gasteiger partial charge on any atom is -0.480 e. The molecule has 3 nitrogen and oxygen atoms in total. The van der Waals surface area contributed by atoms with Crippen molar-refractivity contribution < 1.29 is 27.8 Å². The van der Waals surface area contributed by atoms with Crippen molar-refractivity contribution in [2.45, 2.75) is 12.6 Å². The van der Waals surface area contributed by atoms with E-state index in [-0.39, 0.29) is 18.6 Å². The molecule has 0 aliphatic heterocycles. The van der Waals surface area contributed by atoms with Crippen molar-refractivity contribution >= 4 is 5.97 Å². The van der Waals surface area contributed by atoms with Gasteiger partial charge in [0.15, 0.2) is 0 Å². The van der Waals surface area contributed by atoms with Crippen molar-refractivity contribution in [2.24, 2.45) is 0 Å². The molecule has 0 bridgehead atoms. The fourth-order valence-electron chi connectivity index (χ4n) is 1.36. The lowest BCUT2D eigenvalue weighted by atomic mass is 10.0. The summed E-state index contributed by atoms with van der Waals surface area (Å²) in [4.78, 5) is 10.1. The van der Waals surface area contributed by atoms with Crippen molar-refractivity contribution in [2.75, 3.05) is 13.2 Å². The van der Waals surface area contributed by atoms with Crippen LogP contribution in [0.5, 0.6) is 0 Å². The van der Waals surface area contributed by atoms with Crippen LogP contribution in [-0.4, -0.2) is 24.3 Å². The van der Waals surface area contributed by atoms with Gasteiger partial charge >= 0.3 is 12.1 Å². The van der Waals surface area contributed by atoms with Crippen LogP contribution in [0.15, 0.2) is 24.3 Å². The Morgan fingerprint density at radius 3 is 2.53 bits per heavy atom. The number of rotatable bonds is 5. The molecule has 1 N–H and O–H groups in total. The van der Waals surface area contributed by atoms with Gasteiger partial charge in [0.2, 0.25) is 0 Å². The van der Waals surface area contributed by atoms with Gasteiger partial charge in [-0.05, 0) is 18.1 Å². The highest BCUT2D eigenvalue weighted by Crippen LogP contribution is 2.31. The molecule has 0 spiro atoms. The van der Waals surface area contributed by atoms with Crippen molar-refractivity contribution in [3.05, 3.63) is 35.4 Å². The second-order valence-electron chi connectivity index (χ2n) is 3.35. The number of carboxylic acid groups (broad SMARTS) is 1. The van der Waals surface area contributed by atoms with Gasteiger partial charge in [-0.2, -0.15) is 13.2 Å². The lowest BCUT2D eigenvalue weighted by Crippen LogP contribution is -2.13. The number of hydrogen-bond acceptors (Lipinski definition) is 2. The molecule has 0 aromatic heterocycles. The Kier molecular flexibility index (Phi) is 4.51. The third-order valence-corrected chi connectivity index (χ3v) is 2.06. The summed E-state index contributed by atoms with van der Waals surface area (Å²) in [6, 6.07) is 5.16. The number of aliphatic carboxylic acids is 1. The largest absolute Gasteiger partial charge is 0.480 e. The van der Waals surface area contributed by atoms with Gasteiger partial charge in [0, 0.05) is 0 Å². The maximum Gasteiger partial charge on any atom is 0.416 e. The smallest absolute Gasteiger partial charge is 0.416 e. The summed E-state index contributed by atoms with van der Waals surface area (Å²) in [5.41, 5.74) is -0.607. The van der Waals surface area contributed by atoms with E-state index in [1.165, 1.54) is 18.2 Å². The minimum absolute atomic E-state index is 0.0307. The molecule has 6 heteroatoms. The van der Waals surface area contributed by atoms with Crippen LogP contribution in [0.2, 0.25) is 0 Å². The lowest BCUT2D eigenvalue weighted by Gasteiger charge is -2.12. The molecule has 17 heavy (non-hydrogen) atoms. The molecule has 1 rings (SSSR count). The average Bonchev–Trinajstić information content (AvgIpc) is 2.23. The normalized spacial score (nSPS) is 11.5. The van der Waals surface area contributed by atoms with Crippen LogP contribution in [0.25, 0.3) is 0 Å². The Morgan fingerprint density at radius 2 is 1.94 bits per heavy atom. The number of benzene rings is 1. The predicted molar refractivity (Wildman–Crippen MR) is 53.6 cm³/mol. The molecule has 1 aromatic rings. The summed E-state index contributed by atoms with van der Waals surface area (Å²) in [5.74, 6) is -1.14. The molecule has 0 unspecified atom stereocenters. The monoisotopic (exact) mass is 248 g/mol. The zero-order valence-corrected chi connectivity index (χ0v) is 8.83. The van der Waals surface area contributed by atoms with Crippen molar-refractivity contribution in [3.8, 4) is 0 Å². The van der Waals surface area contributed by atoms with E-state index in [1.807, 2.05) is 0 Å². The van der Waals surface area contributed by atoms with Crippen LogP contribution in [0.4, 0.5) is 13.2 Å². The maximum absolute atomic E-state index is 12.6. The highest BCUT2D eigenvalue weighted by Gasteiger charge is 2.32. The van der Waals surface area contributed by atoms with Crippen molar-refractivity contribution in [1.29, 1.82) is 0 Å². The number of hydrogen-bond donors (Lipinski definition) is 1. The molecule has 94 valence electrons. The molecule has 0 atom stereocenters. The Bertz CT molecular complexity index is 388. The first kappa shape index (κ1) is 13.5. The van der Waals surface area contributed by atoms with Gasteiger partial charge in [-0.1, -0.05) is 18.2 Å². The first-order chi connectivity index (χ1) is 7.91. The van der Waals surface area contributed by atoms with E-state index >= 15 is 0 Å². The van der Waals surface area contributed by atoms with Crippen molar-refractivity contribution in [3.63, 3.8) is 0 Å². The van der Waals surface area contributed by atoms with Gasteiger partial charge in [0.1, 0.15) is 6.61 Å². The van der Waals surface area contributed by atoms with E-state index in [9.17, 15) is 18.0 Å². The van der Waals surface area contributed by atoms with E-state index in [4.69, 9.17) is 9.84 Å². The molecule has 0 saturated heterocycles. The van der Waals surface area contributed by atoms with Gasteiger partial charge in [0.05, 0.1) is 12.2 Å². The molecular weight excluding hydrogens is 237 g/mol. The minimum atomic E-state index is -4.40. The highest BCUT2D eigenvalue weighted by molar-refractivity contribution is 5.67. The van der Waals surface area contributed by atoms with E-state index in [0.717, 1.165) is 6.07 Å². The maximum atomic E-state index is 12.6. The number of alkyl halides is 3. The molecule has 1 aromatic carbocycles. The standard InChI is InChI=1S/C11H11F3O3/c12-11(13,14)9-4-2-1-3-8(9)5-6-17-7-10(15)16/h1-4H,5-7H2,(H,15,16). The molecule has 0 aliphatic carbocycles. The second kappa shape index (κ2) is 5.67. The number of carboxylic acids is 1. The Balaban J connectivity index is 2.62. The van der Waals surface area contributed by atoms with E-state index < -0.39 is 24.3 Å². The topological polar surface area (TPSA) is 46.5 Å². The van der Waals surface area contributed by atoms with Crippen LogP contribution in [0, 0.1) is 0 Å². The molecule has 0 radical (unpaired) electrons. The molecule has 0 fully saturated rings. The van der Waals surface area contributed by atoms with Gasteiger partial charge in [-0.15, -0.1) is 0 Å². The summed E-state index contributed by atoms with van der Waals surface area (Å²) >= 11 is 0. The zero-order valence-electron chi connectivity index (χ0n) is 8.83. The number of ether oxygens (including phenoxy) is 1. The first-order valence-electron chi connectivity index (χ1n) is 4.86. The number of carbonyl (C=O) groups is 1. The Hall–Kier alpha value is -1.56. The van der Waals surface area contributed by atoms with E-state index in [2.05, 4.69) is 0 Å². The van der Waals surface area contributed by atoms with Crippen LogP contribution in [0.1, 0.15) is 11.1 Å². The molecule has 0 aliphatic rings. The average molecular weight is 248 g/mol. The third kappa shape index (κ3) is 4.44. The fourth-order valence-corrected chi connectivity index (χ4v) is 1.36. The van der Waals surface area contributed by atoms with Gasteiger partial charge < -0.3 is 9.84 Å². The van der Waals surface area contributed by atoms with E-state index in [0.29, 0.717) is 0 Å². The first-order valence-corrected chi connectivity index (χ1v) is 4.86. The van der Waals surface area contributed by atoms with Gasteiger partial charge in [-0.25, -0.2) is 4.79 Å². The summed E-state index contributed by atoms with van der Waals surface area (Å²) in [6.45, 7) is -0.562. The molecule has 0 saturated carbocycles. The molecular formula is C11H11F3O3. The second-order valence-corrected chi connectivity index (χ2v) is 3.35. The summed E-state index contributed by atoms with van der Waals surface area (Å²) in [7, 11) is 0. The van der Waals surface area contributed by atoms with Gasteiger partial charge in [0.25, 0.3) is 0 Å². The Labute approximate surface area is 95.8 Å².